The number of carbonyl (C=O) groups is 1. The quantitative estimate of drug-likeness (QED) is 0.360. The molecule has 5 N–H and O–H groups in total. The van der Waals surface area contributed by atoms with Gasteiger partial charge in [0.15, 0.2) is 5.11 Å². The van der Waals surface area contributed by atoms with Crippen molar-refractivity contribution >= 4 is 23.4 Å². The minimum absolute atomic E-state index is 0.211. The van der Waals surface area contributed by atoms with Gasteiger partial charge in [0.05, 0.1) is 6.10 Å². The maximum absolute atomic E-state index is 10.3. The number of hydrogen-bond acceptors (Lipinski definition) is 3. The fourth-order valence-corrected chi connectivity index (χ4v) is 1.31. The van der Waals surface area contributed by atoms with E-state index in [1.807, 2.05) is 0 Å². The molecule has 0 bridgehead atoms. The van der Waals surface area contributed by atoms with E-state index in [2.05, 4.69) is 16.2 Å². The summed E-state index contributed by atoms with van der Waals surface area (Å²) >= 11 is 4.86. The summed E-state index contributed by atoms with van der Waals surface area (Å²) in [4.78, 5) is 10.3. The number of thiocarbonyl (C=S) groups is 1. The normalized spacial score (nSPS) is 20.1. The van der Waals surface area contributed by atoms with Crippen molar-refractivity contribution in [3.63, 3.8) is 0 Å². The lowest BCUT2D eigenvalue weighted by molar-refractivity contribution is 0.114. The Morgan fingerprint density at radius 2 is 2.36 bits per heavy atom. The lowest BCUT2D eigenvalue weighted by atomic mass is 10.2. The predicted octanol–water partition coefficient (Wildman–Crippen LogP) is -0.787. The molecule has 0 aliphatic carbocycles. The number of hydrogen-bond donors (Lipinski definition) is 4. The van der Waals surface area contributed by atoms with Gasteiger partial charge in [0.2, 0.25) is 0 Å². The molecule has 2 amide bonds. The Morgan fingerprint density at radius 1 is 1.57 bits per heavy atom. The number of nitrogens with two attached hydrogens (primary N) is 1. The molecule has 7 heteroatoms. The number of ether oxygens (including phenoxy) is 1. The van der Waals surface area contributed by atoms with Crippen LogP contribution in [-0.4, -0.2) is 30.4 Å². The summed E-state index contributed by atoms with van der Waals surface area (Å²) in [6.07, 6.45) is 2.34. The van der Waals surface area contributed by atoms with Crippen molar-refractivity contribution in [3.8, 4) is 0 Å². The summed E-state index contributed by atoms with van der Waals surface area (Å²) in [5.41, 5.74) is 9.45. The van der Waals surface area contributed by atoms with Crippen LogP contribution in [0, 0.1) is 0 Å². The van der Waals surface area contributed by atoms with Crippen LogP contribution in [0.15, 0.2) is 0 Å². The molecule has 0 saturated carbocycles. The second-order valence-electron chi connectivity index (χ2n) is 2.96. The van der Waals surface area contributed by atoms with Crippen molar-refractivity contribution < 1.29 is 9.53 Å². The highest BCUT2D eigenvalue weighted by Gasteiger charge is 2.14. The highest BCUT2D eigenvalue weighted by atomic mass is 32.1. The Morgan fingerprint density at radius 3 is 2.93 bits per heavy atom. The third-order valence-corrected chi connectivity index (χ3v) is 2.06. The van der Waals surface area contributed by atoms with E-state index in [1.54, 1.807) is 0 Å². The largest absolute Gasteiger partial charge is 0.376 e. The maximum Gasteiger partial charge on any atom is 0.330 e. The van der Waals surface area contributed by atoms with Crippen LogP contribution in [-0.2, 0) is 4.74 Å². The average Bonchev–Trinajstić information content (AvgIpc) is 2.63. The van der Waals surface area contributed by atoms with Gasteiger partial charge >= 0.3 is 6.03 Å². The first kappa shape index (κ1) is 11.0. The Kier molecular flexibility index (Phi) is 4.41. The highest BCUT2D eigenvalue weighted by molar-refractivity contribution is 7.80. The third-order valence-electron chi connectivity index (χ3n) is 1.81. The second-order valence-corrected chi connectivity index (χ2v) is 3.37. The van der Waals surface area contributed by atoms with Crippen LogP contribution in [0.4, 0.5) is 4.79 Å². The van der Waals surface area contributed by atoms with Gasteiger partial charge in [-0.25, -0.2) is 10.2 Å². The molecule has 0 radical (unpaired) electrons. The molecule has 1 unspecified atom stereocenters. The highest BCUT2D eigenvalue weighted by Crippen LogP contribution is 2.10. The Bertz CT molecular complexity index is 218. The van der Waals surface area contributed by atoms with E-state index in [4.69, 9.17) is 22.7 Å². The van der Waals surface area contributed by atoms with Crippen LogP contribution >= 0.6 is 12.2 Å². The van der Waals surface area contributed by atoms with Gasteiger partial charge in [0, 0.05) is 13.2 Å². The number of amides is 2. The third kappa shape index (κ3) is 4.24. The molecule has 1 heterocycles. The molecule has 80 valence electrons. The van der Waals surface area contributed by atoms with Crippen LogP contribution in [0.5, 0.6) is 0 Å². The number of urea groups is 1. The molecule has 0 spiro atoms. The van der Waals surface area contributed by atoms with Crippen molar-refractivity contribution in [3.05, 3.63) is 0 Å². The van der Waals surface area contributed by atoms with Crippen molar-refractivity contribution in [1.29, 1.82) is 0 Å². The maximum atomic E-state index is 10.3. The van der Waals surface area contributed by atoms with Crippen LogP contribution in [0.3, 0.4) is 0 Å². The fourth-order valence-electron chi connectivity index (χ4n) is 1.17. The van der Waals surface area contributed by atoms with E-state index in [1.165, 1.54) is 0 Å². The number of nitrogens with one attached hydrogen (secondary N) is 3. The monoisotopic (exact) mass is 218 g/mol. The van der Waals surface area contributed by atoms with Crippen molar-refractivity contribution in [1.82, 2.24) is 16.2 Å². The van der Waals surface area contributed by atoms with Gasteiger partial charge in [-0.05, 0) is 25.1 Å². The standard InChI is InChI=1S/C7H14N4O2S/c8-6(12)10-11-7(14)9-4-5-2-1-3-13-5/h5H,1-4H2,(H3,8,10,12)(H2,9,11,14). The molecule has 1 fully saturated rings. The fraction of sp³-hybridized carbons (Fsp3) is 0.714. The zero-order chi connectivity index (χ0) is 10.4. The van der Waals surface area contributed by atoms with Gasteiger partial charge < -0.3 is 15.8 Å². The number of carbonyl (C=O) groups excluding carboxylic acids is 1. The van der Waals surface area contributed by atoms with Crippen molar-refractivity contribution in [2.24, 2.45) is 5.73 Å². The lowest BCUT2D eigenvalue weighted by Gasteiger charge is -2.13. The van der Waals surface area contributed by atoms with Gasteiger partial charge in [-0.15, -0.1) is 0 Å². The number of rotatable bonds is 2. The summed E-state index contributed by atoms with van der Waals surface area (Å²) in [7, 11) is 0. The minimum atomic E-state index is -0.675. The summed E-state index contributed by atoms with van der Waals surface area (Å²) < 4.78 is 5.37. The van der Waals surface area contributed by atoms with Gasteiger partial charge in [0.1, 0.15) is 0 Å². The van der Waals surface area contributed by atoms with Crippen LogP contribution in [0.1, 0.15) is 12.8 Å². The van der Waals surface area contributed by atoms with E-state index < -0.39 is 6.03 Å². The summed E-state index contributed by atoms with van der Waals surface area (Å²) in [6, 6.07) is -0.675. The topological polar surface area (TPSA) is 88.4 Å². The first-order valence-electron chi connectivity index (χ1n) is 4.39. The van der Waals surface area contributed by atoms with E-state index in [0.29, 0.717) is 11.7 Å². The molecule has 1 saturated heterocycles. The smallest absolute Gasteiger partial charge is 0.330 e. The molecule has 0 aromatic carbocycles. The molecule has 1 aliphatic rings. The minimum Gasteiger partial charge on any atom is -0.376 e. The van der Waals surface area contributed by atoms with E-state index in [-0.39, 0.29) is 6.10 Å². The first-order chi connectivity index (χ1) is 6.68. The molecule has 0 aromatic heterocycles. The van der Waals surface area contributed by atoms with Crippen LogP contribution in [0.25, 0.3) is 0 Å². The summed E-state index contributed by atoms with van der Waals surface area (Å²) in [5.74, 6) is 0. The molecule has 6 nitrogen and oxygen atoms in total. The lowest BCUT2D eigenvalue weighted by Crippen LogP contribution is -2.49. The zero-order valence-electron chi connectivity index (χ0n) is 7.71. The van der Waals surface area contributed by atoms with Gasteiger partial charge in [-0.1, -0.05) is 0 Å². The van der Waals surface area contributed by atoms with E-state index >= 15 is 0 Å². The Labute approximate surface area is 87.5 Å². The molecular weight excluding hydrogens is 204 g/mol. The molecule has 14 heavy (non-hydrogen) atoms. The molecule has 0 aromatic rings. The van der Waals surface area contributed by atoms with Crippen LogP contribution < -0.4 is 21.9 Å². The van der Waals surface area contributed by atoms with Crippen molar-refractivity contribution in [2.75, 3.05) is 13.2 Å². The van der Waals surface area contributed by atoms with Gasteiger partial charge in [-0.2, -0.15) is 0 Å². The van der Waals surface area contributed by atoms with E-state index in [0.717, 1.165) is 19.4 Å². The Balaban J connectivity index is 2.05. The average molecular weight is 218 g/mol. The van der Waals surface area contributed by atoms with Crippen LogP contribution in [0.2, 0.25) is 0 Å². The molecular formula is C7H14N4O2S. The Hall–Kier alpha value is -1.08. The number of primary amides is 1. The zero-order valence-corrected chi connectivity index (χ0v) is 8.52. The molecule has 1 aliphatic heterocycles. The summed E-state index contributed by atoms with van der Waals surface area (Å²) in [6.45, 7) is 1.46. The second kappa shape index (κ2) is 5.61. The van der Waals surface area contributed by atoms with Gasteiger partial charge in [0.25, 0.3) is 0 Å². The molecule has 1 atom stereocenters. The van der Waals surface area contributed by atoms with Gasteiger partial charge in [-0.3, -0.25) is 5.43 Å². The SMILES string of the molecule is NC(=O)NNC(=S)NCC1CCCO1. The first-order valence-corrected chi connectivity index (χ1v) is 4.80. The van der Waals surface area contributed by atoms with E-state index in [9.17, 15) is 4.79 Å². The number of hydrazine groups is 1. The van der Waals surface area contributed by atoms with Crippen molar-refractivity contribution in [2.45, 2.75) is 18.9 Å². The summed E-state index contributed by atoms with van der Waals surface area (Å²) in [5, 5.41) is 3.24. The molecule has 1 rings (SSSR count). The predicted molar refractivity (Wildman–Crippen MR) is 55.4 cm³/mol.